The van der Waals surface area contributed by atoms with Gasteiger partial charge in [-0.05, 0) is 165 Å². The third kappa shape index (κ3) is 8.32. The number of rotatable bonds is 8. The van der Waals surface area contributed by atoms with Crippen LogP contribution >= 0.6 is 0 Å². The first-order valence-electron chi connectivity index (χ1n) is 31.9. The molecule has 93 heavy (non-hydrogen) atoms. The minimum absolute atomic E-state index is 0.404. The second-order valence-electron chi connectivity index (χ2n) is 25.7. The van der Waals surface area contributed by atoms with Crippen LogP contribution in [-0.4, -0.2) is 38.2 Å². The molecule has 444 valence electrons. The molecule has 0 radical (unpaired) electrons. The lowest BCUT2D eigenvalue weighted by molar-refractivity contribution is 0.619. The smallest absolute Gasteiger partial charge is 0.230 e. The van der Waals surface area contributed by atoms with Gasteiger partial charge < -0.3 is 22.7 Å². The quantitative estimate of drug-likeness (QED) is 0.151. The number of aryl methyl sites for hydroxylation is 8. The summed E-state index contributed by atoms with van der Waals surface area (Å²) in [5, 5.41) is 9.04. The molecule has 18 rings (SSSR count). The Morgan fingerprint density at radius 2 is 0.516 bits per heavy atom. The maximum atomic E-state index is 7.58. The third-order valence-corrected chi connectivity index (χ3v) is 19.0. The van der Waals surface area contributed by atoms with E-state index in [2.05, 4.69) is 268 Å². The summed E-state index contributed by atoms with van der Waals surface area (Å²) in [7, 11) is 0. The normalized spacial score (nSPS) is 12.1. The van der Waals surface area contributed by atoms with Gasteiger partial charge in [0.2, 0.25) is 5.89 Å². The van der Waals surface area contributed by atoms with Crippen molar-refractivity contribution in [2.45, 2.75) is 55.4 Å². The summed E-state index contributed by atoms with van der Waals surface area (Å²) in [4.78, 5) is 23.1. The molecule has 18 aromatic rings. The molecule has 0 bridgehead atoms. The Labute approximate surface area is 536 Å². The van der Waals surface area contributed by atoms with Gasteiger partial charge in [0.15, 0.2) is 23.1 Å². The molecule has 6 heterocycles. The molecule has 0 N–H and O–H groups in total. The van der Waals surface area contributed by atoms with Gasteiger partial charge in [-0.2, -0.15) is 0 Å². The predicted molar refractivity (Wildman–Crippen MR) is 384 cm³/mol. The van der Waals surface area contributed by atoms with Gasteiger partial charge in [-0.1, -0.05) is 166 Å². The van der Waals surface area contributed by atoms with Crippen molar-refractivity contribution < 1.29 is 4.42 Å². The molecule has 12 aromatic carbocycles. The first kappa shape index (κ1) is 54.3. The highest BCUT2D eigenvalue weighted by Gasteiger charge is 2.38. The van der Waals surface area contributed by atoms with Crippen LogP contribution in [0.4, 0.5) is 0 Å². The van der Waals surface area contributed by atoms with E-state index in [-0.39, 0.29) is 0 Å². The molecule has 6 aromatic heterocycles. The van der Waals surface area contributed by atoms with Crippen LogP contribution in [0.3, 0.4) is 0 Å². The van der Waals surface area contributed by atoms with E-state index in [1.807, 2.05) is 36.4 Å². The van der Waals surface area contributed by atoms with Crippen molar-refractivity contribution in [1.82, 2.24) is 38.2 Å². The fourth-order valence-electron chi connectivity index (χ4n) is 14.8. The van der Waals surface area contributed by atoms with E-state index in [4.69, 9.17) is 24.4 Å². The van der Waals surface area contributed by atoms with Crippen molar-refractivity contribution in [1.29, 1.82) is 0 Å². The number of hydrogen-bond donors (Lipinski definition) is 0. The molecule has 0 aliphatic heterocycles. The number of fused-ring (bicyclic) bond motifs is 13. The van der Waals surface area contributed by atoms with Crippen LogP contribution in [0.1, 0.15) is 44.5 Å². The van der Waals surface area contributed by atoms with Crippen LogP contribution in [0, 0.1) is 55.4 Å². The number of para-hydroxylation sites is 2. The first-order chi connectivity index (χ1) is 45.4. The molecule has 0 saturated carbocycles. The highest BCUT2D eigenvalue weighted by atomic mass is 16.3. The standard InChI is InChI=1S/C84H62N8O/c1-47-23-31-66-57(39-47)58-40-48(2)24-32-67(58)89(66)77-75(83-87-81(55-17-11-9-12-18-55)86-82(88-83)56-19-13-10-14-20-56)76(84-85-65-21-15-16-22-74(65)93-84)78(90-68-33-25-49(3)41-59(68)60-42-50(4)26-34-69(60)90)80(92-72-37-29-53(7)45-63(72)64-46-54(8)30-38-73(64)92)79(77)91-70-35-27-51(5)43-61(70)62-44-52(6)28-36-71(62)91/h9-46H,1-8H3. The number of aromatic nitrogens is 8. The maximum Gasteiger partial charge on any atom is 0.230 e. The van der Waals surface area contributed by atoms with E-state index in [0.29, 0.717) is 40.1 Å². The topological polar surface area (TPSA) is 84.4 Å². The highest BCUT2D eigenvalue weighted by molar-refractivity contribution is 6.19. The molecule has 0 saturated heterocycles. The number of benzene rings is 12. The highest BCUT2D eigenvalue weighted by Crippen LogP contribution is 2.55. The largest absolute Gasteiger partial charge is 0.436 e. The van der Waals surface area contributed by atoms with E-state index in [1.54, 1.807) is 0 Å². The molecule has 0 aliphatic carbocycles. The van der Waals surface area contributed by atoms with Crippen molar-refractivity contribution in [3.8, 4) is 68.4 Å². The summed E-state index contributed by atoms with van der Waals surface area (Å²) in [5.74, 6) is 1.88. The van der Waals surface area contributed by atoms with Gasteiger partial charge in [-0.25, -0.2) is 19.9 Å². The Hall–Kier alpha value is -11.7. The Bertz CT molecular complexity index is 5880. The van der Waals surface area contributed by atoms with Gasteiger partial charge in [-0.15, -0.1) is 0 Å². The molecular weight excluding hydrogens is 1140 g/mol. The number of nitrogens with zero attached hydrogens (tertiary/aromatic N) is 8. The fraction of sp³-hybridized carbons (Fsp3) is 0.0952. The zero-order valence-corrected chi connectivity index (χ0v) is 52.9. The zero-order chi connectivity index (χ0) is 62.7. The monoisotopic (exact) mass is 1200 g/mol. The molecule has 9 heteroatoms. The van der Waals surface area contributed by atoms with Crippen molar-refractivity contribution in [3.63, 3.8) is 0 Å². The van der Waals surface area contributed by atoms with Gasteiger partial charge in [0.05, 0.1) is 78.0 Å². The summed E-state index contributed by atoms with van der Waals surface area (Å²) in [6.07, 6.45) is 0. The van der Waals surface area contributed by atoms with Crippen molar-refractivity contribution in [2.24, 2.45) is 0 Å². The molecule has 9 nitrogen and oxygen atoms in total. The number of hydrogen-bond acceptors (Lipinski definition) is 5. The van der Waals surface area contributed by atoms with Crippen LogP contribution in [0.2, 0.25) is 0 Å². The number of oxazole rings is 1. The zero-order valence-electron chi connectivity index (χ0n) is 52.9. The summed E-state index contributed by atoms with van der Waals surface area (Å²) in [5.41, 5.74) is 25.4. The van der Waals surface area contributed by atoms with Crippen LogP contribution in [0.15, 0.2) is 235 Å². The van der Waals surface area contributed by atoms with Crippen molar-refractivity contribution in [3.05, 3.63) is 275 Å². The summed E-state index contributed by atoms with van der Waals surface area (Å²) >= 11 is 0. The van der Waals surface area contributed by atoms with Crippen LogP contribution in [0.25, 0.3) is 167 Å². The molecule has 0 aliphatic rings. The fourth-order valence-corrected chi connectivity index (χ4v) is 14.8. The third-order valence-electron chi connectivity index (χ3n) is 19.0. The summed E-state index contributed by atoms with van der Waals surface area (Å²) in [6, 6.07) is 84.2. The van der Waals surface area contributed by atoms with E-state index in [1.165, 1.54) is 22.3 Å². The second-order valence-corrected chi connectivity index (χ2v) is 25.7. The molecule has 0 atom stereocenters. The molecule has 0 unspecified atom stereocenters. The van der Waals surface area contributed by atoms with E-state index < -0.39 is 0 Å². The molecule has 0 fully saturated rings. The molecular formula is C84H62N8O. The second kappa shape index (κ2) is 20.4. The van der Waals surface area contributed by atoms with Crippen molar-refractivity contribution in [2.75, 3.05) is 0 Å². The lowest BCUT2D eigenvalue weighted by atomic mass is 9.95. The van der Waals surface area contributed by atoms with Crippen LogP contribution < -0.4 is 0 Å². The lowest BCUT2D eigenvalue weighted by Gasteiger charge is -2.30. The van der Waals surface area contributed by atoms with E-state index >= 15 is 0 Å². The lowest BCUT2D eigenvalue weighted by Crippen LogP contribution is -2.17. The predicted octanol–water partition coefficient (Wildman–Crippen LogP) is 21.5. The Morgan fingerprint density at radius 3 is 0.828 bits per heavy atom. The van der Waals surface area contributed by atoms with Gasteiger partial charge >= 0.3 is 0 Å². The summed E-state index contributed by atoms with van der Waals surface area (Å²) in [6.45, 7) is 17.6. The van der Waals surface area contributed by atoms with Crippen LogP contribution in [0.5, 0.6) is 0 Å². The van der Waals surface area contributed by atoms with E-state index in [0.717, 1.165) is 149 Å². The minimum Gasteiger partial charge on any atom is -0.436 e. The van der Waals surface area contributed by atoms with Crippen LogP contribution in [-0.2, 0) is 0 Å². The van der Waals surface area contributed by atoms with Gasteiger partial charge in [0.25, 0.3) is 0 Å². The minimum atomic E-state index is 0.404. The SMILES string of the molecule is Cc1ccc2c(c1)c1cc(C)ccc1n2-c1c(-c2nc(-c3ccccc3)nc(-c3ccccc3)n2)c(-c2nc3ccccc3o2)c(-n2c3ccc(C)cc3c3cc(C)ccc32)c(-n2c3ccc(C)cc3c3cc(C)ccc32)c1-n1c2ccc(C)cc2c2cc(C)ccc21. The summed E-state index contributed by atoms with van der Waals surface area (Å²) < 4.78 is 17.7. The first-order valence-corrected chi connectivity index (χ1v) is 31.9. The average molecular weight is 1200 g/mol. The van der Waals surface area contributed by atoms with E-state index in [9.17, 15) is 0 Å². The van der Waals surface area contributed by atoms with Crippen molar-refractivity contribution >= 4 is 98.3 Å². The van der Waals surface area contributed by atoms with Gasteiger partial charge in [0.1, 0.15) is 5.52 Å². The molecule has 0 amide bonds. The average Bonchev–Trinajstić information content (AvgIpc) is 1.54. The van der Waals surface area contributed by atoms with Gasteiger partial charge in [-0.3, -0.25) is 0 Å². The Kier molecular flexibility index (Phi) is 11.9. The Morgan fingerprint density at radius 1 is 0.247 bits per heavy atom. The maximum absolute atomic E-state index is 7.58. The van der Waals surface area contributed by atoms with Gasteiger partial charge in [0, 0.05) is 54.2 Å². The Balaban J connectivity index is 1.24. The molecule has 0 spiro atoms.